The molecule has 0 amide bonds. The van der Waals surface area contributed by atoms with Gasteiger partial charge in [0.1, 0.15) is 17.0 Å². The van der Waals surface area contributed by atoms with Crippen molar-refractivity contribution in [2.75, 3.05) is 18.1 Å². The summed E-state index contributed by atoms with van der Waals surface area (Å²) in [6.07, 6.45) is 1.62. The van der Waals surface area contributed by atoms with Gasteiger partial charge < -0.3 is 10.0 Å². The van der Waals surface area contributed by atoms with E-state index in [9.17, 15) is 5.11 Å². The van der Waals surface area contributed by atoms with Gasteiger partial charge in [0.2, 0.25) is 0 Å². The smallest absolute Gasteiger partial charge is 0.141 e. The number of nitrogens with zero attached hydrogens (tertiary/aromatic N) is 3. The number of hydrogen-bond donors (Lipinski definition) is 1. The van der Waals surface area contributed by atoms with Gasteiger partial charge in [-0.15, -0.1) is 11.3 Å². The summed E-state index contributed by atoms with van der Waals surface area (Å²) in [6.45, 7) is 5.53. The van der Waals surface area contributed by atoms with Gasteiger partial charge in [0.25, 0.3) is 0 Å². The number of rotatable bonds is 6. The summed E-state index contributed by atoms with van der Waals surface area (Å²) in [4.78, 5) is 12.2. The summed E-state index contributed by atoms with van der Waals surface area (Å²) in [5, 5.41) is 12.9. The summed E-state index contributed by atoms with van der Waals surface area (Å²) in [7, 11) is 0. The molecule has 4 aromatic rings. The summed E-state index contributed by atoms with van der Waals surface area (Å²) in [5.74, 6) is 0.874. The minimum atomic E-state index is 0.0708. The number of thiophene rings is 1. The van der Waals surface area contributed by atoms with Gasteiger partial charge in [0, 0.05) is 24.0 Å². The van der Waals surface area contributed by atoms with Gasteiger partial charge >= 0.3 is 0 Å². The molecular formula is C23H23N3OS. The number of aliphatic hydroxyl groups is 1. The zero-order valence-electron chi connectivity index (χ0n) is 16.1. The SMILES string of the molecule is Cc1ccc(-c2csc3ncnc(N(CCO)Cc4ccccc4)c23)c(C)c1. The lowest BCUT2D eigenvalue weighted by Crippen LogP contribution is -2.27. The van der Waals surface area contributed by atoms with Crippen molar-refractivity contribution in [3.05, 3.63) is 76.9 Å². The number of aliphatic hydroxyl groups excluding tert-OH is 1. The van der Waals surface area contributed by atoms with Crippen LogP contribution in [0.3, 0.4) is 0 Å². The first-order valence-electron chi connectivity index (χ1n) is 9.37. The van der Waals surface area contributed by atoms with E-state index in [0.29, 0.717) is 13.1 Å². The lowest BCUT2D eigenvalue weighted by molar-refractivity contribution is 0.301. The first kappa shape index (κ1) is 18.6. The van der Waals surface area contributed by atoms with Gasteiger partial charge in [-0.25, -0.2) is 9.97 Å². The third kappa shape index (κ3) is 3.63. The molecule has 2 aromatic carbocycles. The van der Waals surface area contributed by atoms with Crippen molar-refractivity contribution in [1.29, 1.82) is 0 Å². The van der Waals surface area contributed by atoms with Gasteiger partial charge in [-0.1, -0.05) is 54.1 Å². The van der Waals surface area contributed by atoms with E-state index in [1.807, 2.05) is 18.2 Å². The van der Waals surface area contributed by atoms with Crippen LogP contribution in [-0.4, -0.2) is 28.2 Å². The molecule has 0 aliphatic heterocycles. The van der Waals surface area contributed by atoms with E-state index in [1.165, 1.54) is 22.3 Å². The summed E-state index contributed by atoms with van der Waals surface area (Å²) in [5.41, 5.74) is 6.04. The Hall–Kier alpha value is -2.76. The predicted molar refractivity (Wildman–Crippen MR) is 117 cm³/mol. The fourth-order valence-corrected chi connectivity index (χ4v) is 4.50. The Kier molecular flexibility index (Phi) is 5.37. The van der Waals surface area contributed by atoms with Gasteiger partial charge in [0.05, 0.1) is 12.0 Å². The first-order chi connectivity index (χ1) is 13.7. The van der Waals surface area contributed by atoms with Crippen LogP contribution in [0.5, 0.6) is 0 Å². The molecule has 2 aromatic heterocycles. The van der Waals surface area contributed by atoms with E-state index in [4.69, 9.17) is 0 Å². The Bertz CT molecular complexity index is 1090. The Balaban J connectivity index is 1.85. The van der Waals surface area contributed by atoms with E-state index >= 15 is 0 Å². The molecule has 0 radical (unpaired) electrons. The highest BCUT2D eigenvalue weighted by atomic mass is 32.1. The molecule has 0 spiro atoms. The van der Waals surface area contributed by atoms with Gasteiger partial charge in [0.15, 0.2) is 0 Å². The topological polar surface area (TPSA) is 49.2 Å². The predicted octanol–water partition coefficient (Wildman–Crippen LogP) is 4.97. The number of aromatic nitrogens is 2. The van der Waals surface area contributed by atoms with Gasteiger partial charge in [-0.2, -0.15) is 0 Å². The van der Waals surface area contributed by atoms with Crippen LogP contribution in [-0.2, 0) is 6.54 Å². The molecule has 0 aliphatic carbocycles. The first-order valence-corrected chi connectivity index (χ1v) is 10.2. The second-order valence-corrected chi connectivity index (χ2v) is 7.83. The fraction of sp³-hybridized carbons (Fsp3) is 0.217. The molecule has 4 rings (SSSR count). The maximum absolute atomic E-state index is 9.68. The largest absolute Gasteiger partial charge is 0.395 e. The Morgan fingerprint density at radius 1 is 1.00 bits per heavy atom. The van der Waals surface area contributed by atoms with Gasteiger partial charge in [-0.3, -0.25) is 0 Å². The van der Waals surface area contributed by atoms with E-state index in [0.717, 1.165) is 21.6 Å². The van der Waals surface area contributed by atoms with Crippen molar-refractivity contribution in [3.8, 4) is 11.1 Å². The molecule has 0 aliphatic rings. The van der Waals surface area contributed by atoms with Crippen molar-refractivity contribution < 1.29 is 5.11 Å². The zero-order valence-corrected chi connectivity index (χ0v) is 16.9. The molecule has 5 heteroatoms. The van der Waals surface area contributed by atoms with Crippen LogP contribution in [0, 0.1) is 13.8 Å². The Labute approximate surface area is 169 Å². The fourth-order valence-electron chi connectivity index (χ4n) is 3.60. The highest BCUT2D eigenvalue weighted by Crippen LogP contribution is 2.39. The third-order valence-corrected chi connectivity index (χ3v) is 5.79. The van der Waals surface area contributed by atoms with E-state index in [1.54, 1.807) is 17.7 Å². The van der Waals surface area contributed by atoms with Crippen LogP contribution in [0.1, 0.15) is 16.7 Å². The molecule has 0 saturated carbocycles. The molecule has 0 unspecified atom stereocenters. The average Bonchev–Trinajstić information content (AvgIpc) is 3.12. The highest BCUT2D eigenvalue weighted by Gasteiger charge is 2.19. The molecule has 1 N–H and O–H groups in total. The van der Waals surface area contributed by atoms with Crippen LogP contribution in [0.2, 0.25) is 0 Å². The van der Waals surface area contributed by atoms with Crippen LogP contribution in [0.15, 0.2) is 60.2 Å². The third-order valence-electron chi connectivity index (χ3n) is 4.91. The lowest BCUT2D eigenvalue weighted by Gasteiger charge is -2.24. The Morgan fingerprint density at radius 3 is 2.57 bits per heavy atom. The molecule has 142 valence electrons. The number of fused-ring (bicyclic) bond motifs is 1. The van der Waals surface area contributed by atoms with Crippen LogP contribution in [0.4, 0.5) is 5.82 Å². The van der Waals surface area contributed by atoms with Crippen molar-refractivity contribution in [2.24, 2.45) is 0 Å². The minimum absolute atomic E-state index is 0.0708. The molecule has 2 heterocycles. The normalized spacial score (nSPS) is 11.1. The molecule has 28 heavy (non-hydrogen) atoms. The molecule has 0 saturated heterocycles. The highest BCUT2D eigenvalue weighted by molar-refractivity contribution is 7.17. The van der Waals surface area contributed by atoms with Crippen molar-refractivity contribution in [1.82, 2.24) is 9.97 Å². The van der Waals surface area contributed by atoms with Gasteiger partial charge in [-0.05, 0) is 30.5 Å². The van der Waals surface area contributed by atoms with Crippen molar-refractivity contribution >= 4 is 27.4 Å². The maximum atomic E-state index is 9.68. The lowest BCUT2D eigenvalue weighted by atomic mass is 9.99. The number of aryl methyl sites for hydroxylation is 2. The quantitative estimate of drug-likeness (QED) is 0.506. The van der Waals surface area contributed by atoms with Crippen molar-refractivity contribution in [2.45, 2.75) is 20.4 Å². The Morgan fingerprint density at radius 2 is 1.82 bits per heavy atom. The summed E-state index contributed by atoms with van der Waals surface area (Å²) < 4.78 is 0. The second kappa shape index (κ2) is 8.09. The second-order valence-electron chi connectivity index (χ2n) is 6.98. The number of hydrogen-bond acceptors (Lipinski definition) is 5. The van der Waals surface area contributed by atoms with E-state index < -0.39 is 0 Å². The van der Waals surface area contributed by atoms with E-state index in [2.05, 4.69) is 64.4 Å². The molecule has 4 nitrogen and oxygen atoms in total. The standard InChI is InChI=1S/C23H23N3OS/c1-16-8-9-19(17(2)12-16)20-14-28-23-21(20)22(24-15-25-23)26(10-11-27)13-18-6-4-3-5-7-18/h3-9,12,14-15,27H,10-11,13H2,1-2H3. The zero-order chi connectivity index (χ0) is 19.5. The summed E-state index contributed by atoms with van der Waals surface area (Å²) in [6, 6.07) is 16.8. The summed E-state index contributed by atoms with van der Waals surface area (Å²) >= 11 is 1.64. The van der Waals surface area contributed by atoms with Crippen LogP contribution in [0.25, 0.3) is 21.3 Å². The van der Waals surface area contributed by atoms with Crippen molar-refractivity contribution in [3.63, 3.8) is 0 Å². The minimum Gasteiger partial charge on any atom is -0.395 e. The molecule has 0 atom stereocenters. The van der Waals surface area contributed by atoms with Crippen LogP contribution >= 0.6 is 11.3 Å². The molecule has 0 fully saturated rings. The average molecular weight is 390 g/mol. The van der Waals surface area contributed by atoms with E-state index in [-0.39, 0.29) is 6.61 Å². The maximum Gasteiger partial charge on any atom is 0.141 e. The monoisotopic (exact) mass is 389 g/mol. The molecule has 0 bridgehead atoms. The van der Waals surface area contributed by atoms with Crippen LogP contribution < -0.4 is 4.90 Å². The number of anilines is 1. The molecular weight excluding hydrogens is 366 g/mol. The number of benzene rings is 2.